The maximum atomic E-state index is 12.8. The highest BCUT2D eigenvalue weighted by molar-refractivity contribution is 5.98. The molecule has 1 unspecified atom stereocenters. The van der Waals surface area contributed by atoms with Crippen LogP contribution in [0.5, 0.6) is 11.6 Å². The summed E-state index contributed by atoms with van der Waals surface area (Å²) in [6, 6.07) is 13.6. The van der Waals surface area contributed by atoms with Crippen LogP contribution in [0.4, 0.5) is 0 Å². The molecule has 0 spiro atoms. The Morgan fingerprint density at radius 1 is 1.17 bits per heavy atom. The number of hydrogen-bond donors (Lipinski definition) is 3. The summed E-state index contributed by atoms with van der Waals surface area (Å²) in [4.78, 5) is 29.2. The number of benzene rings is 2. The number of H-pyrrole nitrogens is 1. The summed E-state index contributed by atoms with van der Waals surface area (Å²) < 4.78 is 10.6. The lowest BCUT2D eigenvalue weighted by molar-refractivity contribution is 0.0932. The minimum atomic E-state index is -0.445. The Balaban J connectivity index is 1.43. The fraction of sp³-hybridized carbons (Fsp3) is 0.192. The molecule has 0 bridgehead atoms. The van der Waals surface area contributed by atoms with Crippen LogP contribution in [-0.4, -0.2) is 43.2 Å². The number of aryl methyl sites for hydroxylation is 1. The van der Waals surface area contributed by atoms with E-state index in [1.165, 1.54) is 0 Å². The first-order chi connectivity index (χ1) is 17.5. The van der Waals surface area contributed by atoms with Gasteiger partial charge < -0.3 is 24.7 Å². The first kappa shape index (κ1) is 23.0. The molecular formula is C26H24N6O4. The highest BCUT2D eigenvalue weighted by Gasteiger charge is 2.19. The van der Waals surface area contributed by atoms with Crippen molar-refractivity contribution in [2.24, 2.45) is 0 Å². The highest BCUT2D eigenvalue weighted by atomic mass is 16.5. The molecule has 3 N–H and O–H groups in total. The fourth-order valence-corrected chi connectivity index (χ4v) is 3.87. The van der Waals surface area contributed by atoms with E-state index in [4.69, 9.17) is 9.26 Å². The van der Waals surface area contributed by atoms with Crippen molar-refractivity contribution in [3.05, 3.63) is 72.0 Å². The molecule has 10 heteroatoms. The number of aromatic hydroxyl groups is 1. The Labute approximate surface area is 206 Å². The second kappa shape index (κ2) is 9.49. The number of nitrogens with one attached hydrogen (secondary N) is 2. The lowest BCUT2D eigenvalue weighted by Crippen LogP contribution is -2.26. The number of aromatic amines is 1. The van der Waals surface area contributed by atoms with Gasteiger partial charge in [0.05, 0.1) is 23.7 Å². The number of phenols is 1. The zero-order valence-electron chi connectivity index (χ0n) is 19.9. The average molecular weight is 485 g/mol. The maximum Gasteiger partial charge on any atom is 0.251 e. The number of carbonyl (C=O) groups is 1. The van der Waals surface area contributed by atoms with Gasteiger partial charge in [-0.15, -0.1) is 0 Å². The van der Waals surface area contributed by atoms with Crippen molar-refractivity contribution >= 4 is 16.9 Å². The molecule has 0 radical (unpaired) electrons. The molecule has 10 nitrogen and oxygen atoms in total. The molecule has 5 aromatic rings. The number of fused-ring (bicyclic) bond motifs is 1. The van der Waals surface area contributed by atoms with Crippen LogP contribution in [0.25, 0.3) is 33.5 Å². The first-order valence-electron chi connectivity index (χ1n) is 11.4. The smallest absolute Gasteiger partial charge is 0.251 e. The van der Waals surface area contributed by atoms with Gasteiger partial charge in [-0.25, -0.2) is 9.97 Å². The van der Waals surface area contributed by atoms with Crippen molar-refractivity contribution < 1.29 is 19.2 Å². The predicted molar refractivity (Wildman–Crippen MR) is 133 cm³/mol. The van der Waals surface area contributed by atoms with Crippen molar-refractivity contribution in [2.45, 2.75) is 26.3 Å². The average Bonchev–Trinajstić information content (AvgIpc) is 3.56. The van der Waals surface area contributed by atoms with E-state index in [-0.39, 0.29) is 11.7 Å². The molecule has 182 valence electrons. The number of carbonyl (C=O) groups excluding carboxylic acids is 1. The fourth-order valence-electron chi connectivity index (χ4n) is 3.87. The Hall–Kier alpha value is -4.73. The minimum absolute atomic E-state index is 0.0680. The first-order valence-corrected chi connectivity index (χ1v) is 11.4. The third kappa shape index (κ3) is 4.36. The summed E-state index contributed by atoms with van der Waals surface area (Å²) in [6.45, 7) is 3.71. The summed E-state index contributed by atoms with van der Waals surface area (Å²) in [5, 5.41) is 17.3. The van der Waals surface area contributed by atoms with Crippen molar-refractivity contribution in [3.8, 4) is 34.1 Å². The van der Waals surface area contributed by atoms with Gasteiger partial charge in [0, 0.05) is 23.7 Å². The standard InChI is InChI=1S/C26H24N6O4/c1-4-22-31-25(36-32-22)14(2)28-24(34)16-7-9-19-20(13-16)30-23(29-19)18-12-15(8-10-21(18)33)17-6-5-11-27-26(17)35-3/h5-14,33H,4H2,1-3H3,(H,28,34)(H,29,30). The molecule has 0 saturated heterocycles. The molecule has 1 atom stereocenters. The molecule has 2 aromatic carbocycles. The molecule has 0 saturated carbocycles. The quantitative estimate of drug-likeness (QED) is 0.308. The lowest BCUT2D eigenvalue weighted by Gasteiger charge is -2.09. The van der Waals surface area contributed by atoms with Crippen LogP contribution in [0.2, 0.25) is 0 Å². The van der Waals surface area contributed by atoms with Crippen molar-refractivity contribution in [2.75, 3.05) is 7.11 Å². The highest BCUT2D eigenvalue weighted by Crippen LogP contribution is 2.35. The van der Waals surface area contributed by atoms with Crippen LogP contribution in [0.1, 0.15) is 42.0 Å². The molecule has 0 fully saturated rings. The largest absolute Gasteiger partial charge is 0.507 e. The van der Waals surface area contributed by atoms with Crippen LogP contribution in [0.15, 0.2) is 59.3 Å². The van der Waals surface area contributed by atoms with Crippen molar-refractivity contribution in [1.29, 1.82) is 0 Å². The summed E-state index contributed by atoms with van der Waals surface area (Å²) >= 11 is 0. The van der Waals surface area contributed by atoms with Gasteiger partial charge in [0.1, 0.15) is 17.6 Å². The van der Waals surface area contributed by atoms with Crippen molar-refractivity contribution in [3.63, 3.8) is 0 Å². The number of pyridine rings is 1. The van der Waals surface area contributed by atoms with Crippen LogP contribution >= 0.6 is 0 Å². The zero-order chi connectivity index (χ0) is 25.2. The Morgan fingerprint density at radius 2 is 2.03 bits per heavy atom. The summed E-state index contributed by atoms with van der Waals surface area (Å²) in [5.74, 6) is 1.66. The monoisotopic (exact) mass is 484 g/mol. The lowest BCUT2D eigenvalue weighted by atomic mass is 10.0. The topological polar surface area (TPSA) is 139 Å². The van der Waals surface area contributed by atoms with Crippen LogP contribution in [-0.2, 0) is 6.42 Å². The molecule has 0 aliphatic carbocycles. The number of rotatable bonds is 7. The Morgan fingerprint density at radius 3 is 2.81 bits per heavy atom. The Kier molecular flexibility index (Phi) is 6.07. The third-order valence-corrected chi connectivity index (χ3v) is 5.79. The number of methoxy groups -OCH3 is 1. The van der Waals surface area contributed by atoms with E-state index in [9.17, 15) is 9.90 Å². The van der Waals surface area contributed by atoms with Crippen LogP contribution < -0.4 is 10.1 Å². The number of imidazole rings is 1. The molecular weight excluding hydrogens is 460 g/mol. The van der Waals surface area contributed by atoms with Gasteiger partial charge in [0.15, 0.2) is 5.82 Å². The van der Waals surface area contributed by atoms with Gasteiger partial charge in [0.25, 0.3) is 5.91 Å². The van der Waals surface area contributed by atoms with E-state index in [1.54, 1.807) is 50.6 Å². The van der Waals surface area contributed by atoms with E-state index < -0.39 is 6.04 Å². The van der Waals surface area contributed by atoms with E-state index in [2.05, 4.69) is 30.4 Å². The van der Waals surface area contributed by atoms with Gasteiger partial charge in [-0.1, -0.05) is 18.1 Å². The summed E-state index contributed by atoms with van der Waals surface area (Å²) in [6.07, 6.45) is 2.30. The SMILES string of the molecule is CCc1noc(C(C)NC(=O)c2ccc3[nH]c(-c4cc(-c5cccnc5OC)ccc4O)nc3c2)n1. The van der Waals surface area contributed by atoms with Gasteiger partial charge in [-0.2, -0.15) is 4.98 Å². The van der Waals surface area contributed by atoms with Gasteiger partial charge in [-0.3, -0.25) is 4.79 Å². The van der Waals surface area contributed by atoms with E-state index >= 15 is 0 Å². The number of amides is 1. The van der Waals surface area contributed by atoms with Gasteiger partial charge >= 0.3 is 0 Å². The molecule has 1 amide bonds. The number of phenolic OH excluding ortho intramolecular Hbond substituents is 1. The van der Waals surface area contributed by atoms with Crippen LogP contribution in [0.3, 0.4) is 0 Å². The Bertz CT molecular complexity index is 1560. The second-order valence-corrected chi connectivity index (χ2v) is 8.21. The number of ether oxygens (including phenoxy) is 1. The minimum Gasteiger partial charge on any atom is -0.507 e. The van der Waals surface area contributed by atoms with Gasteiger partial charge in [0.2, 0.25) is 11.8 Å². The molecule has 5 rings (SSSR count). The van der Waals surface area contributed by atoms with Crippen molar-refractivity contribution in [1.82, 2.24) is 30.4 Å². The summed E-state index contributed by atoms with van der Waals surface area (Å²) in [5.41, 5.74) is 3.85. The summed E-state index contributed by atoms with van der Waals surface area (Å²) in [7, 11) is 1.56. The zero-order valence-corrected chi connectivity index (χ0v) is 19.9. The molecule has 36 heavy (non-hydrogen) atoms. The molecule has 0 aliphatic rings. The van der Waals surface area contributed by atoms with Gasteiger partial charge in [-0.05, 0) is 55.0 Å². The predicted octanol–water partition coefficient (Wildman–Crippen LogP) is 4.44. The number of aromatic nitrogens is 5. The van der Waals surface area contributed by atoms with E-state index in [0.29, 0.717) is 46.5 Å². The number of nitrogens with zero attached hydrogens (tertiary/aromatic N) is 4. The van der Waals surface area contributed by atoms with E-state index in [1.807, 2.05) is 25.1 Å². The molecule has 3 aromatic heterocycles. The molecule has 0 aliphatic heterocycles. The normalized spacial score (nSPS) is 12.0. The number of hydrogen-bond acceptors (Lipinski definition) is 8. The third-order valence-electron chi connectivity index (χ3n) is 5.79. The van der Waals surface area contributed by atoms with E-state index in [0.717, 1.165) is 16.6 Å². The maximum absolute atomic E-state index is 12.8. The second-order valence-electron chi connectivity index (χ2n) is 8.21. The molecule has 3 heterocycles. The van der Waals surface area contributed by atoms with Crippen LogP contribution in [0, 0.1) is 0 Å².